The molecule has 1 fully saturated rings. The quantitative estimate of drug-likeness (QED) is 0.242. The lowest BCUT2D eigenvalue weighted by Gasteiger charge is -2.25. The van der Waals surface area contributed by atoms with E-state index in [9.17, 15) is 9.90 Å². The van der Waals surface area contributed by atoms with Gasteiger partial charge >= 0.3 is 0 Å². The highest BCUT2D eigenvalue weighted by Crippen LogP contribution is 2.38. The summed E-state index contributed by atoms with van der Waals surface area (Å²) in [7, 11) is 1.88. The standard InChI is InChI=1S/C23H19Cl3N4O2S/c1-29-12-19(20-11-27-22(26)33-20)30(23(29)28-10-14-5-3-2-4-6-14)21(32)18(13-31)15-7-16(24)9-17(25)8-15/h2-9,11,13,19,32H,10,12H2,1H3/b21-18-,28-23+. The van der Waals surface area contributed by atoms with Crippen LogP contribution in [-0.4, -0.2) is 45.7 Å². The molecule has 0 aliphatic carbocycles. The molecule has 0 radical (unpaired) electrons. The summed E-state index contributed by atoms with van der Waals surface area (Å²) >= 11 is 19.7. The highest BCUT2D eigenvalue weighted by Gasteiger charge is 2.39. The molecule has 170 valence electrons. The van der Waals surface area contributed by atoms with E-state index in [1.807, 2.05) is 42.3 Å². The monoisotopic (exact) mass is 520 g/mol. The molecule has 0 bridgehead atoms. The van der Waals surface area contributed by atoms with Gasteiger partial charge in [0.05, 0.1) is 23.0 Å². The van der Waals surface area contributed by atoms with Crippen LogP contribution in [0.3, 0.4) is 0 Å². The number of aliphatic hydroxyl groups is 1. The Kier molecular flexibility index (Phi) is 7.24. The van der Waals surface area contributed by atoms with Gasteiger partial charge in [-0.05, 0) is 29.3 Å². The molecule has 0 spiro atoms. The van der Waals surface area contributed by atoms with Crippen molar-refractivity contribution in [2.75, 3.05) is 13.6 Å². The van der Waals surface area contributed by atoms with E-state index in [1.54, 1.807) is 29.3 Å². The second kappa shape index (κ2) is 10.1. The number of carbonyl (C=O) groups is 1. The zero-order valence-corrected chi connectivity index (χ0v) is 20.5. The van der Waals surface area contributed by atoms with E-state index in [0.29, 0.717) is 45.4 Å². The van der Waals surface area contributed by atoms with Crippen LogP contribution in [0.2, 0.25) is 14.5 Å². The Morgan fingerprint density at radius 1 is 1.21 bits per heavy atom. The number of thiazole rings is 1. The van der Waals surface area contributed by atoms with Gasteiger partial charge in [0.15, 0.2) is 10.8 Å². The van der Waals surface area contributed by atoms with Gasteiger partial charge in [-0.2, -0.15) is 0 Å². The molecule has 0 saturated carbocycles. The van der Waals surface area contributed by atoms with Gasteiger partial charge in [0.1, 0.15) is 0 Å². The molecule has 1 N–H and O–H groups in total. The second-order valence-electron chi connectivity index (χ2n) is 7.40. The van der Waals surface area contributed by atoms with E-state index in [2.05, 4.69) is 4.98 Å². The van der Waals surface area contributed by atoms with Crippen LogP contribution in [0, 0.1) is 0 Å². The van der Waals surface area contributed by atoms with Crippen LogP contribution in [-0.2, 0) is 11.3 Å². The van der Waals surface area contributed by atoms with Crippen molar-refractivity contribution < 1.29 is 9.90 Å². The molecule has 1 unspecified atom stereocenters. The van der Waals surface area contributed by atoms with E-state index < -0.39 is 0 Å². The molecule has 6 nitrogen and oxygen atoms in total. The van der Waals surface area contributed by atoms with Gasteiger partial charge in [0, 0.05) is 29.8 Å². The Bertz CT molecular complexity index is 1210. The molecule has 1 aliphatic rings. The molecule has 1 atom stereocenters. The van der Waals surface area contributed by atoms with Crippen molar-refractivity contribution >= 4 is 64.0 Å². The maximum absolute atomic E-state index is 12.1. The van der Waals surface area contributed by atoms with Crippen molar-refractivity contribution in [3.63, 3.8) is 0 Å². The number of carbonyl (C=O) groups excluding carboxylic acids is 1. The summed E-state index contributed by atoms with van der Waals surface area (Å²) in [6.45, 7) is 0.915. The van der Waals surface area contributed by atoms with Gasteiger partial charge < -0.3 is 10.0 Å². The molecular weight excluding hydrogens is 503 g/mol. The summed E-state index contributed by atoms with van der Waals surface area (Å²) in [4.78, 5) is 25.4. The van der Waals surface area contributed by atoms with E-state index >= 15 is 0 Å². The van der Waals surface area contributed by atoms with Crippen LogP contribution in [0.15, 0.2) is 65.6 Å². The minimum absolute atomic E-state index is 0.0442. The van der Waals surface area contributed by atoms with Gasteiger partial charge in [0.25, 0.3) is 0 Å². The first-order valence-corrected chi connectivity index (χ1v) is 11.9. The summed E-state index contributed by atoms with van der Waals surface area (Å²) in [5, 5.41) is 12.1. The third-order valence-corrected chi connectivity index (χ3v) is 6.80. The number of aliphatic imine (C=N–C) groups is 1. The molecule has 4 rings (SSSR count). The molecule has 2 heterocycles. The first kappa shape index (κ1) is 23.6. The topological polar surface area (TPSA) is 69.0 Å². The zero-order chi connectivity index (χ0) is 23.5. The number of allylic oxidation sites excluding steroid dienone is 1. The molecule has 3 aromatic rings. The van der Waals surface area contributed by atoms with Crippen LogP contribution in [0.1, 0.15) is 22.0 Å². The average molecular weight is 522 g/mol. The number of halogens is 3. The van der Waals surface area contributed by atoms with Gasteiger partial charge in [-0.3, -0.25) is 9.69 Å². The predicted octanol–water partition coefficient (Wildman–Crippen LogP) is 6.07. The summed E-state index contributed by atoms with van der Waals surface area (Å²) < 4.78 is 0.392. The van der Waals surface area contributed by atoms with Crippen molar-refractivity contribution in [1.82, 2.24) is 14.8 Å². The molecule has 1 aliphatic heterocycles. The van der Waals surface area contributed by atoms with Crippen LogP contribution in [0.25, 0.3) is 5.57 Å². The number of rotatable bonds is 6. The Morgan fingerprint density at radius 2 is 1.91 bits per heavy atom. The molecule has 10 heteroatoms. The Hall–Kier alpha value is -2.58. The predicted molar refractivity (Wildman–Crippen MR) is 134 cm³/mol. The highest BCUT2D eigenvalue weighted by molar-refractivity contribution is 7.15. The maximum Gasteiger partial charge on any atom is 0.205 e. The summed E-state index contributed by atoms with van der Waals surface area (Å²) in [6, 6.07) is 14.1. The zero-order valence-electron chi connectivity index (χ0n) is 17.5. The fourth-order valence-corrected chi connectivity index (χ4v) is 5.22. The van der Waals surface area contributed by atoms with E-state index in [4.69, 9.17) is 39.8 Å². The number of aliphatic hydroxyl groups excluding tert-OH is 1. The first-order valence-electron chi connectivity index (χ1n) is 9.92. The number of aromatic nitrogens is 1. The fourth-order valence-electron chi connectivity index (χ4n) is 3.66. The Labute approximate surface area is 210 Å². The van der Waals surface area contributed by atoms with Crippen molar-refractivity contribution in [3.05, 3.63) is 91.1 Å². The highest BCUT2D eigenvalue weighted by atomic mass is 35.5. The van der Waals surface area contributed by atoms with E-state index in [1.165, 1.54) is 11.3 Å². The number of hydrogen-bond donors (Lipinski definition) is 1. The third kappa shape index (κ3) is 5.17. The largest absolute Gasteiger partial charge is 0.494 e. The van der Waals surface area contributed by atoms with Crippen molar-refractivity contribution in [3.8, 4) is 0 Å². The van der Waals surface area contributed by atoms with Crippen LogP contribution < -0.4 is 0 Å². The SMILES string of the molecule is CN1CC(c2cnc(Cl)s2)N(/C(O)=C(\C=O)c2cc(Cl)cc(Cl)c2)/C1=N/Cc1ccccc1. The Morgan fingerprint density at radius 3 is 2.52 bits per heavy atom. The summed E-state index contributed by atoms with van der Waals surface area (Å²) in [5.41, 5.74) is 1.46. The molecule has 1 aromatic heterocycles. The van der Waals surface area contributed by atoms with Crippen molar-refractivity contribution in [2.45, 2.75) is 12.6 Å². The molecule has 0 amide bonds. The van der Waals surface area contributed by atoms with Crippen LogP contribution in [0.4, 0.5) is 0 Å². The van der Waals surface area contributed by atoms with Crippen LogP contribution in [0.5, 0.6) is 0 Å². The van der Waals surface area contributed by atoms with Gasteiger partial charge in [-0.15, -0.1) is 11.3 Å². The van der Waals surface area contributed by atoms with Crippen LogP contribution >= 0.6 is 46.1 Å². The smallest absolute Gasteiger partial charge is 0.205 e. The first-order chi connectivity index (χ1) is 15.9. The summed E-state index contributed by atoms with van der Waals surface area (Å²) in [6.07, 6.45) is 2.25. The minimum atomic E-state index is -0.348. The maximum atomic E-state index is 12.1. The lowest BCUT2D eigenvalue weighted by molar-refractivity contribution is -0.103. The molecule has 1 saturated heterocycles. The van der Waals surface area contributed by atoms with Gasteiger partial charge in [-0.25, -0.2) is 9.98 Å². The number of nitrogens with zero attached hydrogens (tertiary/aromatic N) is 4. The van der Waals surface area contributed by atoms with Gasteiger partial charge in [-0.1, -0.05) is 65.1 Å². The lowest BCUT2D eigenvalue weighted by atomic mass is 10.1. The number of guanidine groups is 1. The Balaban J connectivity index is 1.83. The number of aldehydes is 1. The fraction of sp³-hybridized carbons (Fsp3) is 0.174. The van der Waals surface area contributed by atoms with Crippen molar-refractivity contribution in [2.24, 2.45) is 4.99 Å². The summed E-state index contributed by atoms with van der Waals surface area (Å²) in [5.74, 6) is 0.257. The molecular formula is C23H19Cl3N4O2S. The molecule has 33 heavy (non-hydrogen) atoms. The minimum Gasteiger partial charge on any atom is -0.494 e. The third-order valence-electron chi connectivity index (χ3n) is 5.15. The van der Waals surface area contributed by atoms with Gasteiger partial charge in [0.2, 0.25) is 11.8 Å². The number of hydrogen-bond acceptors (Lipinski definition) is 5. The molecule has 2 aromatic carbocycles. The lowest BCUT2D eigenvalue weighted by Crippen LogP contribution is -2.32. The van der Waals surface area contributed by atoms with Crippen molar-refractivity contribution in [1.29, 1.82) is 0 Å². The van der Waals surface area contributed by atoms with E-state index in [-0.39, 0.29) is 17.5 Å². The average Bonchev–Trinajstić information content (AvgIpc) is 3.35. The number of benzene rings is 2. The van der Waals surface area contributed by atoms with E-state index in [0.717, 1.165) is 10.4 Å². The second-order valence-corrected chi connectivity index (χ2v) is 9.91. The normalized spacial score (nSPS) is 18.1. The number of likely N-dealkylation sites (N-methyl/N-ethyl adjacent to an activating group) is 1.